The number of likely N-dealkylation sites (tertiary alicyclic amines) is 1. The quantitative estimate of drug-likeness (QED) is 0.646. The fourth-order valence-electron chi connectivity index (χ4n) is 4.75. The number of hydrogen-bond donors (Lipinski definition) is 0. The van der Waals surface area contributed by atoms with Crippen molar-refractivity contribution < 1.29 is 19.1 Å². The molecule has 2 saturated heterocycles. The van der Waals surface area contributed by atoms with Gasteiger partial charge in [0.15, 0.2) is 5.78 Å². The Bertz CT molecular complexity index is 920. The summed E-state index contributed by atoms with van der Waals surface area (Å²) in [5.41, 5.74) is 1.23. The molecule has 4 atom stereocenters. The zero-order valence-electron chi connectivity index (χ0n) is 17.0. The van der Waals surface area contributed by atoms with Crippen LogP contribution in [0, 0.1) is 17.3 Å². The number of imide groups is 1. The van der Waals surface area contributed by atoms with E-state index in [4.69, 9.17) is 4.74 Å². The van der Waals surface area contributed by atoms with Gasteiger partial charge in [0.1, 0.15) is 6.04 Å². The van der Waals surface area contributed by atoms with E-state index >= 15 is 0 Å². The number of fused-ring (bicyclic) bond motifs is 5. The third-order valence-electron chi connectivity index (χ3n) is 6.09. The first-order valence-electron chi connectivity index (χ1n) is 9.81. The van der Waals surface area contributed by atoms with Crippen molar-refractivity contribution in [2.75, 3.05) is 25.2 Å². The van der Waals surface area contributed by atoms with Gasteiger partial charge in [0.2, 0.25) is 11.8 Å². The van der Waals surface area contributed by atoms with Crippen LogP contribution < -0.4 is 4.90 Å². The molecule has 0 aliphatic carbocycles. The number of ketones is 1. The fraction of sp³-hybridized carbons (Fsp3) is 0.500. The Balaban J connectivity index is 1.83. The topological polar surface area (TPSA) is 66.9 Å². The molecule has 29 heavy (non-hydrogen) atoms. The number of carbonyl (C=O) groups is 3. The van der Waals surface area contributed by atoms with Gasteiger partial charge in [0.05, 0.1) is 31.0 Å². The molecule has 0 saturated carbocycles. The van der Waals surface area contributed by atoms with Crippen molar-refractivity contribution in [1.82, 2.24) is 4.90 Å². The summed E-state index contributed by atoms with van der Waals surface area (Å²) in [6.07, 6.45) is 3.95. The summed E-state index contributed by atoms with van der Waals surface area (Å²) in [5, 5.41) is 0. The average Bonchev–Trinajstić information content (AvgIpc) is 3.12. The first-order chi connectivity index (χ1) is 13.7. The smallest absolute Gasteiger partial charge is 0.235 e. The zero-order chi connectivity index (χ0) is 21.1. The van der Waals surface area contributed by atoms with Crippen molar-refractivity contribution in [3.8, 4) is 0 Å². The number of anilines is 1. The molecule has 154 valence electrons. The number of nitrogens with zero attached hydrogens (tertiary/aromatic N) is 2. The van der Waals surface area contributed by atoms with Crippen molar-refractivity contribution in [1.29, 1.82) is 0 Å². The normalized spacial score (nSPS) is 27.9. The number of ether oxygens (including phenoxy) is 1. The van der Waals surface area contributed by atoms with Crippen LogP contribution in [0.3, 0.4) is 0 Å². The lowest BCUT2D eigenvalue weighted by molar-refractivity contribution is -0.142. The lowest BCUT2D eigenvalue weighted by Crippen LogP contribution is -2.51. The molecule has 1 aromatic carbocycles. The van der Waals surface area contributed by atoms with Gasteiger partial charge in [-0.3, -0.25) is 19.3 Å². The average molecular weight is 461 g/mol. The minimum Gasteiger partial charge on any atom is -0.383 e. The Morgan fingerprint density at radius 1 is 1.17 bits per heavy atom. The zero-order valence-corrected chi connectivity index (χ0v) is 18.6. The predicted octanol–water partition coefficient (Wildman–Crippen LogP) is 2.90. The Morgan fingerprint density at radius 3 is 2.52 bits per heavy atom. The molecule has 1 aromatic rings. The van der Waals surface area contributed by atoms with E-state index in [0.717, 1.165) is 15.7 Å². The third-order valence-corrected chi connectivity index (χ3v) is 6.58. The molecule has 4 rings (SSSR count). The van der Waals surface area contributed by atoms with Crippen molar-refractivity contribution in [3.05, 3.63) is 34.3 Å². The molecule has 0 bridgehead atoms. The van der Waals surface area contributed by atoms with Gasteiger partial charge >= 0.3 is 0 Å². The Labute approximate surface area is 179 Å². The van der Waals surface area contributed by atoms with Crippen LogP contribution in [0.5, 0.6) is 0 Å². The summed E-state index contributed by atoms with van der Waals surface area (Å²) in [4.78, 5) is 43.3. The Kier molecular flexibility index (Phi) is 4.94. The molecule has 0 spiro atoms. The molecule has 0 aromatic heterocycles. The maximum atomic E-state index is 13.5. The van der Waals surface area contributed by atoms with Crippen LogP contribution in [0.15, 0.2) is 28.7 Å². The molecule has 7 heteroatoms. The van der Waals surface area contributed by atoms with Crippen molar-refractivity contribution in [2.45, 2.75) is 32.9 Å². The number of benzene rings is 1. The van der Waals surface area contributed by atoms with Crippen molar-refractivity contribution in [3.63, 3.8) is 0 Å². The lowest BCUT2D eigenvalue weighted by atomic mass is 9.79. The number of methoxy groups -OCH3 is 1. The van der Waals surface area contributed by atoms with Crippen molar-refractivity contribution in [2.24, 2.45) is 17.3 Å². The summed E-state index contributed by atoms with van der Waals surface area (Å²) < 4.78 is 6.01. The number of rotatable bonds is 4. The van der Waals surface area contributed by atoms with E-state index < -0.39 is 23.3 Å². The number of amides is 2. The van der Waals surface area contributed by atoms with E-state index in [-0.39, 0.29) is 36.8 Å². The summed E-state index contributed by atoms with van der Waals surface area (Å²) >= 11 is 3.49. The number of Topliss-reactive ketones (excluding diaryl/α,β-unsaturated/α-hetero) is 1. The molecule has 3 heterocycles. The molecule has 3 aliphatic heterocycles. The minimum absolute atomic E-state index is 0.0195. The van der Waals surface area contributed by atoms with E-state index in [0.29, 0.717) is 0 Å². The minimum atomic E-state index is -0.671. The Hall–Kier alpha value is -1.99. The van der Waals surface area contributed by atoms with E-state index in [1.54, 1.807) is 7.11 Å². The highest BCUT2D eigenvalue weighted by Crippen LogP contribution is 2.50. The van der Waals surface area contributed by atoms with E-state index in [9.17, 15) is 14.4 Å². The second kappa shape index (κ2) is 7.06. The molecule has 0 radical (unpaired) electrons. The standard InChI is InChI=1S/C22H25BrN2O4/c1-22(2,3)19(26)18-17-16(20(27)24(21(17)28)9-10-29-4)15-7-5-12-11-13(23)6-8-14(12)25(15)18/h5-8,11,15-18H,9-10H2,1-4H3/t15-,16-,17-,18+/m0/s1. The predicted molar refractivity (Wildman–Crippen MR) is 113 cm³/mol. The summed E-state index contributed by atoms with van der Waals surface area (Å²) in [6.45, 7) is 6.10. The highest BCUT2D eigenvalue weighted by atomic mass is 79.9. The summed E-state index contributed by atoms with van der Waals surface area (Å²) in [5.74, 6) is -1.71. The SMILES string of the molecule is COCCN1C(=O)[C@@H]2[C@H](C1=O)[C@H](C(=O)C(C)(C)C)N1c3ccc(Br)cc3C=C[C@@H]21. The summed E-state index contributed by atoms with van der Waals surface area (Å²) in [6, 6.07) is 4.89. The lowest BCUT2D eigenvalue weighted by Gasteiger charge is -2.38. The number of halogens is 1. The van der Waals surface area contributed by atoms with Gasteiger partial charge in [-0.1, -0.05) is 48.9 Å². The van der Waals surface area contributed by atoms with Crippen LogP contribution in [0.2, 0.25) is 0 Å². The van der Waals surface area contributed by atoms with Crippen LogP contribution in [0.25, 0.3) is 6.08 Å². The van der Waals surface area contributed by atoms with E-state index in [1.165, 1.54) is 4.90 Å². The van der Waals surface area contributed by atoms with Crippen LogP contribution in [-0.2, 0) is 19.1 Å². The van der Waals surface area contributed by atoms with Gasteiger partial charge in [-0.15, -0.1) is 0 Å². The first kappa shape index (κ1) is 20.3. The van der Waals surface area contributed by atoms with E-state index in [2.05, 4.69) is 15.9 Å². The van der Waals surface area contributed by atoms with Gasteiger partial charge in [0.25, 0.3) is 0 Å². The van der Waals surface area contributed by atoms with Gasteiger partial charge < -0.3 is 9.64 Å². The highest BCUT2D eigenvalue weighted by Gasteiger charge is 2.64. The van der Waals surface area contributed by atoms with Gasteiger partial charge in [-0.2, -0.15) is 0 Å². The fourth-order valence-corrected chi connectivity index (χ4v) is 5.13. The van der Waals surface area contributed by atoms with Crippen LogP contribution in [-0.4, -0.2) is 54.8 Å². The molecular formula is C22H25BrN2O4. The van der Waals surface area contributed by atoms with Gasteiger partial charge in [-0.05, 0) is 23.8 Å². The molecular weight excluding hydrogens is 436 g/mol. The van der Waals surface area contributed by atoms with Crippen LogP contribution in [0.1, 0.15) is 26.3 Å². The molecule has 0 N–H and O–H groups in total. The molecule has 0 unspecified atom stereocenters. The van der Waals surface area contributed by atoms with Gasteiger partial charge in [-0.25, -0.2) is 0 Å². The van der Waals surface area contributed by atoms with Crippen LogP contribution >= 0.6 is 15.9 Å². The van der Waals surface area contributed by atoms with Gasteiger partial charge in [0, 0.05) is 22.7 Å². The number of hydrogen-bond acceptors (Lipinski definition) is 5. The van der Waals surface area contributed by atoms with Crippen molar-refractivity contribution >= 4 is 45.3 Å². The monoisotopic (exact) mass is 460 g/mol. The molecule has 2 amide bonds. The molecule has 6 nitrogen and oxygen atoms in total. The van der Waals surface area contributed by atoms with E-state index in [1.807, 2.05) is 56.0 Å². The maximum Gasteiger partial charge on any atom is 0.235 e. The second-order valence-corrected chi connectivity index (χ2v) is 9.81. The second-order valence-electron chi connectivity index (χ2n) is 8.89. The summed E-state index contributed by atoms with van der Waals surface area (Å²) in [7, 11) is 1.54. The van der Waals surface area contributed by atoms with Crippen LogP contribution in [0.4, 0.5) is 5.69 Å². The number of carbonyl (C=O) groups excluding carboxylic acids is 3. The largest absolute Gasteiger partial charge is 0.383 e. The Morgan fingerprint density at radius 2 is 1.86 bits per heavy atom. The highest BCUT2D eigenvalue weighted by molar-refractivity contribution is 9.10. The first-order valence-corrected chi connectivity index (χ1v) is 10.6. The third kappa shape index (κ3) is 3.06. The molecule has 2 fully saturated rings. The molecule has 3 aliphatic rings. The maximum absolute atomic E-state index is 13.5.